The zero-order chi connectivity index (χ0) is 13.2. The van der Waals surface area contributed by atoms with Gasteiger partial charge in [0.05, 0.1) is 10.2 Å². The van der Waals surface area contributed by atoms with E-state index in [1.165, 1.54) is 10.3 Å². The number of rotatable bonds is 3. The predicted molar refractivity (Wildman–Crippen MR) is 84.8 cm³/mol. The summed E-state index contributed by atoms with van der Waals surface area (Å²) < 4.78 is 7.01. The van der Waals surface area contributed by atoms with Crippen molar-refractivity contribution >= 4 is 43.6 Å². The van der Waals surface area contributed by atoms with Crippen LogP contribution < -0.4 is 0 Å². The Morgan fingerprint density at radius 1 is 1.32 bits per heavy atom. The zero-order valence-corrected chi connectivity index (χ0v) is 12.8. The maximum Gasteiger partial charge on any atom is 0.163 e. The highest BCUT2D eigenvalue weighted by Crippen LogP contribution is 2.31. The maximum atomic E-state index is 5.82. The molecule has 3 rings (SSSR count). The summed E-state index contributed by atoms with van der Waals surface area (Å²) in [5.74, 6) is 1.70. The van der Waals surface area contributed by atoms with Crippen LogP contribution in [0.1, 0.15) is 12.7 Å². The molecule has 96 valence electrons. The summed E-state index contributed by atoms with van der Waals surface area (Å²) in [5.41, 5.74) is 2.25. The van der Waals surface area contributed by atoms with E-state index < -0.39 is 0 Å². The van der Waals surface area contributed by atoms with Gasteiger partial charge < -0.3 is 4.42 Å². The van der Waals surface area contributed by atoms with Gasteiger partial charge in [0.15, 0.2) is 10.8 Å². The molecule has 0 aliphatic heterocycles. The van der Waals surface area contributed by atoms with Crippen LogP contribution in [0, 0.1) is 0 Å². The van der Waals surface area contributed by atoms with Crippen molar-refractivity contribution < 1.29 is 4.42 Å². The van der Waals surface area contributed by atoms with Crippen LogP contribution in [0.3, 0.4) is 0 Å². The largest absolute Gasteiger partial charge is 0.454 e. The van der Waals surface area contributed by atoms with Crippen LogP contribution in [0.25, 0.3) is 27.1 Å². The summed E-state index contributed by atoms with van der Waals surface area (Å²) in [7, 11) is 0. The Kier molecular flexibility index (Phi) is 3.53. The number of furan rings is 1. The normalized spacial score (nSPS) is 12.2. The number of hydrogen-bond acceptors (Lipinski definition) is 3. The fourth-order valence-corrected chi connectivity index (χ4v) is 2.89. The molecule has 0 radical (unpaired) electrons. The first-order valence-corrected chi connectivity index (χ1v) is 7.89. The molecule has 0 unspecified atom stereocenters. The van der Waals surface area contributed by atoms with Crippen molar-refractivity contribution in [3.8, 4) is 10.8 Å². The van der Waals surface area contributed by atoms with Gasteiger partial charge in [-0.05, 0) is 37.3 Å². The van der Waals surface area contributed by atoms with E-state index in [1.807, 2.05) is 36.4 Å². The summed E-state index contributed by atoms with van der Waals surface area (Å²) in [6, 6.07) is 12.1. The predicted octanol–water partition coefficient (Wildman–Crippen LogP) is 5.35. The molecule has 2 heterocycles. The quantitative estimate of drug-likeness (QED) is 0.603. The molecular formula is C15H12BrNOS. The van der Waals surface area contributed by atoms with Gasteiger partial charge in [0.25, 0.3) is 0 Å². The minimum Gasteiger partial charge on any atom is -0.454 e. The van der Waals surface area contributed by atoms with E-state index in [2.05, 4.69) is 33.9 Å². The molecule has 0 N–H and O–H groups in total. The molecular weight excluding hydrogens is 322 g/mol. The molecule has 2 nitrogen and oxygen atoms in total. The molecule has 0 atom stereocenters. The summed E-state index contributed by atoms with van der Waals surface area (Å²) in [6.07, 6.45) is 2.03. The lowest BCUT2D eigenvalue weighted by Gasteiger charge is -1.91. The topological polar surface area (TPSA) is 26.0 Å². The van der Waals surface area contributed by atoms with Crippen LogP contribution in [-0.4, -0.2) is 10.3 Å². The maximum absolute atomic E-state index is 5.82. The number of benzene rings is 1. The van der Waals surface area contributed by atoms with E-state index in [0.29, 0.717) is 0 Å². The third kappa shape index (κ3) is 2.65. The van der Waals surface area contributed by atoms with E-state index >= 15 is 0 Å². The van der Waals surface area contributed by atoms with Crippen LogP contribution in [0.15, 0.2) is 46.4 Å². The molecule has 0 spiro atoms. The first-order chi connectivity index (χ1) is 9.26. The second kappa shape index (κ2) is 5.31. The van der Waals surface area contributed by atoms with Gasteiger partial charge in [-0.2, -0.15) is 0 Å². The van der Waals surface area contributed by atoms with E-state index in [9.17, 15) is 0 Å². The summed E-state index contributed by atoms with van der Waals surface area (Å²) >= 11 is 5.08. The third-order valence-electron chi connectivity index (χ3n) is 2.73. The Bertz CT molecular complexity index is 708. The molecule has 0 saturated heterocycles. The van der Waals surface area contributed by atoms with Crippen LogP contribution in [0.2, 0.25) is 0 Å². The van der Waals surface area contributed by atoms with Crippen molar-refractivity contribution in [3.63, 3.8) is 0 Å². The van der Waals surface area contributed by atoms with Crippen LogP contribution in [-0.2, 0) is 0 Å². The molecule has 0 aliphatic carbocycles. The van der Waals surface area contributed by atoms with Crippen molar-refractivity contribution in [1.82, 2.24) is 4.98 Å². The van der Waals surface area contributed by atoms with Gasteiger partial charge in [0.2, 0.25) is 0 Å². The lowest BCUT2D eigenvalue weighted by molar-refractivity contribution is 0.571. The number of allylic oxidation sites excluding steroid dienone is 1. The molecule has 0 saturated carbocycles. The third-order valence-corrected chi connectivity index (χ3v) is 4.67. The van der Waals surface area contributed by atoms with Gasteiger partial charge in [-0.1, -0.05) is 33.6 Å². The lowest BCUT2D eigenvalue weighted by atomic mass is 10.3. The van der Waals surface area contributed by atoms with E-state index in [1.54, 1.807) is 11.3 Å². The Labute approximate surface area is 123 Å². The fraction of sp³-hybridized carbons (Fsp3) is 0.133. The highest BCUT2D eigenvalue weighted by Gasteiger charge is 2.09. The number of halogens is 1. The smallest absolute Gasteiger partial charge is 0.163 e. The molecule has 0 aliphatic rings. The first kappa shape index (κ1) is 12.6. The van der Waals surface area contributed by atoms with Gasteiger partial charge in [-0.15, -0.1) is 11.3 Å². The van der Waals surface area contributed by atoms with Gasteiger partial charge in [-0.3, -0.25) is 0 Å². The van der Waals surface area contributed by atoms with Crippen molar-refractivity contribution in [1.29, 1.82) is 0 Å². The molecule has 4 heteroatoms. The molecule has 3 aromatic rings. The lowest BCUT2D eigenvalue weighted by Crippen LogP contribution is -1.74. The standard InChI is InChI=1S/C15H12BrNOS/c1-10(9-16)8-11-6-7-13(18-11)15-17-12-4-2-3-5-14(12)19-15/h2-8H,9H2,1H3. The first-order valence-electron chi connectivity index (χ1n) is 5.95. The Hall–Kier alpha value is -1.39. The second-order valence-corrected chi connectivity index (χ2v) is 5.90. The minimum atomic E-state index is 0.829. The average Bonchev–Trinajstić information content (AvgIpc) is 3.04. The van der Waals surface area contributed by atoms with Gasteiger partial charge in [0, 0.05) is 5.33 Å². The molecule has 19 heavy (non-hydrogen) atoms. The number of alkyl halides is 1. The monoisotopic (exact) mass is 333 g/mol. The van der Waals surface area contributed by atoms with E-state index in [-0.39, 0.29) is 0 Å². The number of fused-ring (bicyclic) bond motifs is 1. The summed E-state index contributed by atoms with van der Waals surface area (Å²) in [4.78, 5) is 4.59. The highest BCUT2D eigenvalue weighted by atomic mass is 79.9. The number of hydrogen-bond donors (Lipinski definition) is 0. The highest BCUT2D eigenvalue weighted by molar-refractivity contribution is 9.09. The SMILES string of the molecule is CC(=Cc1ccc(-c2nc3ccccc3s2)o1)CBr. The molecule has 1 aromatic carbocycles. The Balaban J connectivity index is 1.98. The van der Waals surface area contributed by atoms with Crippen LogP contribution in [0.5, 0.6) is 0 Å². The molecule has 0 bridgehead atoms. The van der Waals surface area contributed by atoms with Crippen LogP contribution >= 0.6 is 27.3 Å². The molecule has 0 fully saturated rings. The van der Waals surface area contributed by atoms with Crippen LogP contribution in [0.4, 0.5) is 0 Å². The van der Waals surface area contributed by atoms with Crippen molar-refractivity contribution in [2.24, 2.45) is 0 Å². The van der Waals surface area contributed by atoms with Crippen molar-refractivity contribution in [2.75, 3.05) is 5.33 Å². The zero-order valence-electron chi connectivity index (χ0n) is 10.4. The van der Waals surface area contributed by atoms with Gasteiger partial charge in [0.1, 0.15) is 5.76 Å². The average molecular weight is 334 g/mol. The molecule has 0 amide bonds. The number of para-hydroxylation sites is 1. The second-order valence-electron chi connectivity index (χ2n) is 4.31. The van der Waals surface area contributed by atoms with Crippen molar-refractivity contribution in [3.05, 3.63) is 47.7 Å². The van der Waals surface area contributed by atoms with Gasteiger partial charge >= 0.3 is 0 Å². The fourth-order valence-electron chi connectivity index (χ4n) is 1.80. The van der Waals surface area contributed by atoms with Gasteiger partial charge in [-0.25, -0.2) is 4.98 Å². The van der Waals surface area contributed by atoms with E-state index in [4.69, 9.17) is 4.42 Å². The Morgan fingerprint density at radius 3 is 2.95 bits per heavy atom. The number of thiazole rings is 1. The minimum absolute atomic E-state index is 0.829. The summed E-state index contributed by atoms with van der Waals surface area (Å²) in [6.45, 7) is 2.06. The summed E-state index contributed by atoms with van der Waals surface area (Å²) in [5, 5.41) is 1.78. The Morgan fingerprint density at radius 2 is 2.16 bits per heavy atom. The van der Waals surface area contributed by atoms with Crippen molar-refractivity contribution in [2.45, 2.75) is 6.92 Å². The number of aromatic nitrogens is 1. The van der Waals surface area contributed by atoms with E-state index in [0.717, 1.165) is 27.4 Å². The molecule has 2 aromatic heterocycles. The number of nitrogens with zero attached hydrogens (tertiary/aromatic N) is 1.